The Kier molecular flexibility index (Phi) is 5.68. The van der Waals surface area contributed by atoms with E-state index in [9.17, 15) is 0 Å². The van der Waals surface area contributed by atoms with Crippen molar-refractivity contribution in [3.05, 3.63) is 71.8 Å². The van der Waals surface area contributed by atoms with Crippen molar-refractivity contribution in [3.8, 4) is 0 Å². The highest BCUT2D eigenvalue weighted by Gasteiger charge is 1.92. The van der Waals surface area contributed by atoms with Gasteiger partial charge in [-0.25, -0.2) is 0 Å². The largest absolute Gasteiger partial charge is 0.309 e. The van der Waals surface area contributed by atoms with Crippen LogP contribution in [0.3, 0.4) is 0 Å². The smallest absolute Gasteiger partial charge is 0.0208 e. The lowest BCUT2D eigenvalue weighted by molar-refractivity contribution is 0.693. The Morgan fingerprint density at radius 3 is 1.38 bits per heavy atom. The van der Waals surface area contributed by atoms with Crippen molar-refractivity contribution in [2.45, 2.75) is 13.1 Å². The molecule has 0 bridgehead atoms. The zero-order chi connectivity index (χ0) is 10.3. The van der Waals surface area contributed by atoms with E-state index in [1.54, 1.807) is 0 Å². The van der Waals surface area contributed by atoms with Crippen LogP contribution in [0.2, 0.25) is 0 Å². The fourth-order valence-corrected chi connectivity index (χ4v) is 1.54. The number of hydrogen-bond acceptors (Lipinski definition) is 1. The molecule has 16 heavy (non-hydrogen) atoms. The summed E-state index contributed by atoms with van der Waals surface area (Å²) in [7, 11) is 0. The maximum atomic E-state index is 3.42. The van der Waals surface area contributed by atoms with Crippen LogP contribution in [0, 0.1) is 0 Å². The van der Waals surface area contributed by atoms with E-state index in [0.29, 0.717) is 0 Å². The molecule has 84 valence electrons. The van der Waals surface area contributed by atoms with Gasteiger partial charge >= 0.3 is 0 Å². The van der Waals surface area contributed by atoms with Gasteiger partial charge in [-0.1, -0.05) is 60.7 Å². The molecule has 0 aromatic heterocycles. The van der Waals surface area contributed by atoms with Gasteiger partial charge in [-0.2, -0.15) is 13.5 Å². The second kappa shape index (κ2) is 7.09. The van der Waals surface area contributed by atoms with Gasteiger partial charge in [-0.05, 0) is 11.1 Å². The molecule has 0 atom stereocenters. The summed E-state index contributed by atoms with van der Waals surface area (Å²) < 4.78 is 0. The summed E-state index contributed by atoms with van der Waals surface area (Å²) in [5.74, 6) is 0. The normalized spacial score (nSPS) is 9.50. The monoisotopic (exact) mass is 231 g/mol. The highest BCUT2D eigenvalue weighted by molar-refractivity contribution is 7.59. The topological polar surface area (TPSA) is 12.0 Å². The Hall–Kier alpha value is -1.25. The molecular formula is C14H17NS. The standard InChI is InChI=1S/C14H15N.H2S/c1-3-7-13(8-4-1)11-15-12-14-9-5-2-6-10-14;/h1-10,15H,11-12H2;1H2. The zero-order valence-electron chi connectivity index (χ0n) is 9.19. The Bertz CT molecular complexity index is 346. The second-order valence-corrected chi connectivity index (χ2v) is 3.57. The summed E-state index contributed by atoms with van der Waals surface area (Å²) in [5, 5.41) is 3.42. The van der Waals surface area contributed by atoms with E-state index >= 15 is 0 Å². The van der Waals surface area contributed by atoms with Crippen LogP contribution in [0.5, 0.6) is 0 Å². The molecule has 0 fully saturated rings. The van der Waals surface area contributed by atoms with Gasteiger partial charge in [0.25, 0.3) is 0 Å². The van der Waals surface area contributed by atoms with Crippen LogP contribution < -0.4 is 5.32 Å². The Morgan fingerprint density at radius 2 is 1.00 bits per heavy atom. The van der Waals surface area contributed by atoms with Crippen molar-refractivity contribution in [2.75, 3.05) is 0 Å². The number of benzene rings is 2. The molecular weight excluding hydrogens is 214 g/mol. The summed E-state index contributed by atoms with van der Waals surface area (Å²) >= 11 is 0. The van der Waals surface area contributed by atoms with Gasteiger partial charge in [0.1, 0.15) is 0 Å². The van der Waals surface area contributed by atoms with Crippen LogP contribution in [0.1, 0.15) is 11.1 Å². The molecule has 0 radical (unpaired) electrons. The van der Waals surface area contributed by atoms with Gasteiger partial charge in [0.15, 0.2) is 0 Å². The quantitative estimate of drug-likeness (QED) is 0.852. The van der Waals surface area contributed by atoms with Gasteiger partial charge in [-0.3, -0.25) is 0 Å². The van der Waals surface area contributed by atoms with E-state index < -0.39 is 0 Å². The van der Waals surface area contributed by atoms with Gasteiger partial charge in [0.05, 0.1) is 0 Å². The molecule has 0 unspecified atom stereocenters. The van der Waals surface area contributed by atoms with Crippen LogP contribution in [0.25, 0.3) is 0 Å². The molecule has 0 aliphatic heterocycles. The SMILES string of the molecule is S.c1ccc(CNCc2ccccc2)cc1. The third-order valence-electron chi connectivity index (χ3n) is 2.34. The zero-order valence-corrected chi connectivity index (χ0v) is 10.2. The molecule has 0 spiro atoms. The van der Waals surface area contributed by atoms with E-state index in [2.05, 4.69) is 53.8 Å². The summed E-state index contributed by atoms with van der Waals surface area (Å²) in [5.41, 5.74) is 2.65. The van der Waals surface area contributed by atoms with Crippen LogP contribution in [-0.4, -0.2) is 0 Å². The van der Waals surface area contributed by atoms with Crippen molar-refractivity contribution < 1.29 is 0 Å². The summed E-state index contributed by atoms with van der Waals surface area (Å²) in [6.45, 7) is 1.85. The fraction of sp³-hybridized carbons (Fsp3) is 0.143. The summed E-state index contributed by atoms with van der Waals surface area (Å²) in [6.07, 6.45) is 0. The number of nitrogens with one attached hydrogen (secondary N) is 1. The van der Waals surface area contributed by atoms with Gasteiger partial charge in [0.2, 0.25) is 0 Å². The minimum Gasteiger partial charge on any atom is -0.309 e. The molecule has 0 heterocycles. The van der Waals surface area contributed by atoms with Crippen molar-refractivity contribution >= 4 is 13.5 Å². The van der Waals surface area contributed by atoms with E-state index in [-0.39, 0.29) is 13.5 Å². The first-order valence-electron chi connectivity index (χ1n) is 5.24. The molecule has 0 aliphatic carbocycles. The fourth-order valence-electron chi connectivity index (χ4n) is 1.54. The molecule has 0 saturated heterocycles. The predicted octanol–water partition coefficient (Wildman–Crippen LogP) is 3.09. The number of hydrogen-bond donors (Lipinski definition) is 1. The highest BCUT2D eigenvalue weighted by Crippen LogP contribution is 2.00. The lowest BCUT2D eigenvalue weighted by atomic mass is 10.2. The average Bonchev–Trinajstić information content (AvgIpc) is 2.32. The Labute approximate surface area is 104 Å². The molecule has 0 aliphatic rings. The van der Waals surface area contributed by atoms with Gasteiger partial charge in [-0.15, -0.1) is 0 Å². The molecule has 1 N–H and O–H groups in total. The number of rotatable bonds is 4. The summed E-state index contributed by atoms with van der Waals surface area (Å²) in [4.78, 5) is 0. The van der Waals surface area contributed by atoms with Gasteiger partial charge in [0, 0.05) is 13.1 Å². The maximum absolute atomic E-state index is 3.42. The molecule has 2 aromatic carbocycles. The van der Waals surface area contributed by atoms with E-state index in [1.165, 1.54) is 11.1 Å². The van der Waals surface area contributed by atoms with E-state index in [1.807, 2.05) is 12.1 Å². The second-order valence-electron chi connectivity index (χ2n) is 3.57. The van der Waals surface area contributed by atoms with Crippen molar-refractivity contribution in [3.63, 3.8) is 0 Å². The van der Waals surface area contributed by atoms with E-state index in [0.717, 1.165) is 13.1 Å². The summed E-state index contributed by atoms with van der Waals surface area (Å²) in [6, 6.07) is 20.9. The molecule has 2 rings (SSSR count). The first-order valence-corrected chi connectivity index (χ1v) is 5.24. The molecule has 2 heteroatoms. The van der Waals surface area contributed by atoms with Crippen LogP contribution in [-0.2, 0) is 13.1 Å². The lowest BCUT2D eigenvalue weighted by Gasteiger charge is -2.04. The minimum absolute atomic E-state index is 0. The molecule has 1 nitrogen and oxygen atoms in total. The van der Waals surface area contributed by atoms with Crippen molar-refractivity contribution in [1.29, 1.82) is 0 Å². The lowest BCUT2D eigenvalue weighted by Crippen LogP contribution is -2.12. The van der Waals surface area contributed by atoms with Crippen molar-refractivity contribution in [2.24, 2.45) is 0 Å². The third kappa shape index (κ3) is 4.09. The molecule has 0 amide bonds. The average molecular weight is 231 g/mol. The predicted molar refractivity (Wildman–Crippen MR) is 73.8 cm³/mol. The first kappa shape index (κ1) is 12.8. The van der Waals surface area contributed by atoms with Crippen molar-refractivity contribution in [1.82, 2.24) is 5.32 Å². The maximum Gasteiger partial charge on any atom is 0.0208 e. The highest BCUT2D eigenvalue weighted by atomic mass is 32.1. The Morgan fingerprint density at radius 1 is 0.625 bits per heavy atom. The molecule has 0 saturated carbocycles. The first-order chi connectivity index (χ1) is 7.45. The van der Waals surface area contributed by atoms with Gasteiger partial charge < -0.3 is 5.32 Å². The van der Waals surface area contributed by atoms with Crippen LogP contribution in [0.4, 0.5) is 0 Å². The van der Waals surface area contributed by atoms with E-state index in [4.69, 9.17) is 0 Å². The van der Waals surface area contributed by atoms with Crippen LogP contribution in [0.15, 0.2) is 60.7 Å². The third-order valence-corrected chi connectivity index (χ3v) is 2.34. The Balaban J connectivity index is 0.00000128. The van der Waals surface area contributed by atoms with Crippen LogP contribution >= 0.6 is 13.5 Å². The molecule has 2 aromatic rings. The minimum atomic E-state index is 0.